The van der Waals surface area contributed by atoms with E-state index in [1.165, 1.54) is 11.1 Å². The van der Waals surface area contributed by atoms with Crippen LogP contribution >= 0.6 is 23.2 Å². The number of hydrogen-bond donors (Lipinski definition) is 0. The average Bonchev–Trinajstić information content (AvgIpc) is 2.40. The first-order valence-electron chi connectivity index (χ1n) is 6.71. The monoisotopic (exact) mass is 307 g/mol. The summed E-state index contributed by atoms with van der Waals surface area (Å²) in [5.74, 6) is 0. The third kappa shape index (κ3) is 3.53. The highest BCUT2D eigenvalue weighted by molar-refractivity contribution is 6.31. The van der Waals surface area contributed by atoms with Crippen LogP contribution in [0.25, 0.3) is 0 Å². The van der Waals surface area contributed by atoms with Crippen LogP contribution in [0.15, 0.2) is 42.7 Å². The van der Waals surface area contributed by atoms with Crippen LogP contribution in [-0.2, 0) is 11.8 Å². The minimum atomic E-state index is -0.0923. The van der Waals surface area contributed by atoms with E-state index in [1.54, 1.807) is 12.4 Å². The molecule has 0 amide bonds. The third-order valence-corrected chi connectivity index (χ3v) is 4.09. The number of nitrogens with zero attached hydrogens (tertiary/aromatic N) is 1. The maximum atomic E-state index is 6.64. The second-order valence-electron chi connectivity index (χ2n) is 5.98. The summed E-state index contributed by atoms with van der Waals surface area (Å²) in [7, 11) is 0. The molecule has 0 saturated heterocycles. The Morgan fingerprint density at radius 2 is 1.85 bits per heavy atom. The maximum Gasteiger partial charge on any atom is 0.0628 e. The lowest BCUT2D eigenvalue weighted by atomic mass is 9.82. The first-order chi connectivity index (χ1) is 9.39. The zero-order valence-electron chi connectivity index (χ0n) is 12.0. The van der Waals surface area contributed by atoms with Gasteiger partial charge in [0, 0.05) is 12.4 Å². The van der Waals surface area contributed by atoms with E-state index in [-0.39, 0.29) is 10.8 Å². The molecule has 2 rings (SSSR count). The standard InChI is InChI=1S/C17H19Cl2N/c1-17(2,3)14-7-5-4-6-13(14)15(18)10-12-8-9-20-11-16(12)19/h4-9,11,15H,10H2,1-3H3. The van der Waals surface area contributed by atoms with Crippen molar-refractivity contribution in [3.8, 4) is 0 Å². The van der Waals surface area contributed by atoms with Crippen molar-refractivity contribution >= 4 is 23.2 Å². The van der Waals surface area contributed by atoms with Crippen LogP contribution in [0.5, 0.6) is 0 Å². The molecule has 0 saturated carbocycles. The molecule has 0 aliphatic carbocycles. The van der Waals surface area contributed by atoms with Crippen molar-refractivity contribution in [3.63, 3.8) is 0 Å². The molecule has 1 heterocycles. The van der Waals surface area contributed by atoms with E-state index in [0.717, 1.165) is 5.56 Å². The van der Waals surface area contributed by atoms with Crippen LogP contribution in [0.3, 0.4) is 0 Å². The Morgan fingerprint density at radius 3 is 2.50 bits per heavy atom. The summed E-state index contributed by atoms with van der Waals surface area (Å²) in [5.41, 5.74) is 3.57. The van der Waals surface area contributed by atoms with E-state index in [9.17, 15) is 0 Å². The number of hydrogen-bond acceptors (Lipinski definition) is 1. The summed E-state index contributed by atoms with van der Waals surface area (Å²) in [6.07, 6.45) is 4.12. The van der Waals surface area contributed by atoms with Gasteiger partial charge in [-0.3, -0.25) is 4.98 Å². The number of halogens is 2. The number of alkyl halides is 1. The van der Waals surface area contributed by atoms with Crippen molar-refractivity contribution in [1.82, 2.24) is 4.98 Å². The fourth-order valence-electron chi connectivity index (χ4n) is 2.33. The molecule has 0 aliphatic rings. The zero-order chi connectivity index (χ0) is 14.8. The summed E-state index contributed by atoms with van der Waals surface area (Å²) in [5, 5.41) is 0.580. The van der Waals surface area contributed by atoms with Gasteiger partial charge in [0.15, 0.2) is 0 Å². The maximum absolute atomic E-state index is 6.64. The Hall–Kier alpha value is -1.05. The van der Waals surface area contributed by atoms with Crippen LogP contribution < -0.4 is 0 Å². The molecule has 0 radical (unpaired) electrons. The lowest BCUT2D eigenvalue weighted by molar-refractivity contribution is 0.580. The quantitative estimate of drug-likeness (QED) is 0.677. The highest BCUT2D eigenvalue weighted by Crippen LogP contribution is 2.35. The van der Waals surface area contributed by atoms with E-state index < -0.39 is 0 Å². The highest BCUT2D eigenvalue weighted by Gasteiger charge is 2.22. The molecule has 2 aromatic rings. The van der Waals surface area contributed by atoms with Crippen molar-refractivity contribution in [1.29, 1.82) is 0 Å². The van der Waals surface area contributed by atoms with Crippen LogP contribution in [0, 0.1) is 0 Å². The molecule has 106 valence electrons. The van der Waals surface area contributed by atoms with Crippen LogP contribution in [0.2, 0.25) is 5.02 Å². The molecular weight excluding hydrogens is 289 g/mol. The Kier molecular flexibility index (Phi) is 4.72. The van der Waals surface area contributed by atoms with Crippen molar-refractivity contribution in [2.24, 2.45) is 0 Å². The van der Waals surface area contributed by atoms with Gasteiger partial charge in [0.05, 0.1) is 10.4 Å². The molecule has 0 spiro atoms. The molecule has 0 aliphatic heterocycles. The van der Waals surface area contributed by atoms with Gasteiger partial charge < -0.3 is 0 Å². The predicted molar refractivity (Wildman–Crippen MR) is 86.7 cm³/mol. The minimum Gasteiger partial charge on any atom is -0.263 e. The Labute approximate surface area is 131 Å². The van der Waals surface area contributed by atoms with Gasteiger partial charge in [0.2, 0.25) is 0 Å². The van der Waals surface area contributed by atoms with Gasteiger partial charge in [-0.05, 0) is 34.6 Å². The summed E-state index contributed by atoms with van der Waals surface area (Å²) in [6, 6.07) is 10.3. The van der Waals surface area contributed by atoms with E-state index in [1.807, 2.05) is 12.1 Å². The van der Waals surface area contributed by atoms with Crippen molar-refractivity contribution in [2.75, 3.05) is 0 Å². The molecule has 1 aromatic carbocycles. The average molecular weight is 308 g/mol. The Morgan fingerprint density at radius 1 is 1.15 bits per heavy atom. The smallest absolute Gasteiger partial charge is 0.0628 e. The molecule has 1 atom stereocenters. The van der Waals surface area contributed by atoms with Gasteiger partial charge in [-0.2, -0.15) is 0 Å². The number of pyridine rings is 1. The minimum absolute atomic E-state index is 0.0752. The molecule has 1 aromatic heterocycles. The molecule has 3 heteroatoms. The normalized spacial score (nSPS) is 13.2. The molecule has 0 N–H and O–H groups in total. The van der Waals surface area contributed by atoms with Crippen molar-refractivity contribution in [3.05, 3.63) is 64.4 Å². The van der Waals surface area contributed by atoms with Gasteiger partial charge >= 0.3 is 0 Å². The fourth-order valence-corrected chi connectivity index (χ4v) is 2.88. The molecular formula is C17H19Cl2N. The van der Waals surface area contributed by atoms with Crippen molar-refractivity contribution < 1.29 is 0 Å². The van der Waals surface area contributed by atoms with Gasteiger partial charge in [-0.1, -0.05) is 56.6 Å². The number of aromatic nitrogens is 1. The Bertz CT molecular complexity index is 588. The van der Waals surface area contributed by atoms with Gasteiger partial charge in [0.1, 0.15) is 0 Å². The van der Waals surface area contributed by atoms with Crippen LogP contribution in [0.1, 0.15) is 42.8 Å². The summed E-state index contributed by atoms with van der Waals surface area (Å²) in [6.45, 7) is 6.61. The number of benzene rings is 1. The van der Waals surface area contributed by atoms with Gasteiger partial charge in [-0.15, -0.1) is 11.6 Å². The third-order valence-electron chi connectivity index (χ3n) is 3.36. The lowest BCUT2D eigenvalue weighted by Gasteiger charge is -2.25. The molecule has 0 bridgehead atoms. The summed E-state index contributed by atoms with van der Waals surface area (Å²) >= 11 is 12.8. The van der Waals surface area contributed by atoms with E-state index >= 15 is 0 Å². The zero-order valence-corrected chi connectivity index (χ0v) is 13.5. The van der Waals surface area contributed by atoms with E-state index in [4.69, 9.17) is 23.2 Å². The SMILES string of the molecule is CC(C)(C)c1ccccc1C(Cl)Cc1ccncc1Cl. The lowest BCUT2D eigenvalue weighted by Crippen LogP contribution is -2.15. The number of rotatable bonds is 3. The molecule has 1 nitrogen and oxygen atoms in total. The first kappa shape index (κ1) is 15.3. The second-order valence-corrected chi connectivity index (χ2v) is 6.91. The summed E-state index contributed by atoms with van der Waals surface area (Å²) in [4.78, 5) is 4.01. The predicted octanol–water partition coefficient (Wildman–Crippen LogP) is 5.56. The largest absolute Gasteiger partial charge is 0.263 e. The Balaban J connectivity index is 2.31. The van der Waals surface area contributed by atoms with Gasteiger partial charge in [-0.25, -0.2) is 0 Å². The molecule has 0 fully saturated rings. The second kappa shape index (κ2) is 6.15. The topological polar surface area (TPSA) is 12.9 Å². The molecule has 20 heavy (non-hydrogen) atoms. The van der Waals surface area contributed by atoms with E-state index in [0.29, 0.717) is 11.4 Å². The fraction of sp³-hybridized carbons (Fsp3) is 0.353. The molecule has 1 unspecified atom stereocenters. The summed E-state index contributed by atoms with van der Waals surface area (Å²) < 4.78 is 0. The van der Waals surface area contributed by atoms with Gasteiger partial charge in [0.25, 0.3) is 0 Å². The first-order valence-corrected chi connectivity index (χ1v) is 7.53. The highest BCUT2D eigenvalue weighted by atomic mass is 35.5. The van der Waals surface area contributed by atoms with Crippen LogP contribution in [-0.4, -0.2) is 4.98 Å². The van der Waals surface area contributed by atoms with E-state index in [2.05, 4.69) is 44.0 Å². The van der Waals surface area contributed by atoms with Crippen molar-refractivity contribution in [2.45, 2.75) is 38.0 Å². The van der Waals surface area contributed by atoms with Crippen LogP contribution in [0.4, 0.5) is 0 Å².